The van der Waals surface area contributed by atoms with Gasteiger partial charge in [0.25, 0.3) is 5.91 Å². The minimum atomic E-state index is -5.06. The highest BCUT2D eigenvalue weighted by Gasteiger charge is 2.38. The van der Waals surface area contributed by atoms with Crippen LogP contribution in [0.2, 0.25) is 0 Å². The number of alkyl halides is 6. The van der Waals surface area contributed by atoms with Crippen molar-refractivity contribution in [3.05, 3.63) is 64.7 Å². The van der Waals surface area contributed by atoms with E-state index in [4.69, 9.17) is 10.9 Å². The molecule has 14 heteroatoms. The quantitative estimate of drug-likeness (QED) is 0.120. The normalized spacial score (nSPS) is 17.7. The molecule has 4 N–H and O–H groups in total. The van der Waals surface area contributed by atoms with Crippen LogP contribution >= 0.6 is 0 Å². The highest BCUT2D eigenvalue weighted by atomic mass is 19.4. The van der Waals surface area contributed by atoms with Crippen LogP contribution in [0, 0.1) is 22.3 Å². The maximum absolute atomic E-state index is 13.5. The lowest BCUT2D eigenvalue weighted by Crippen LogP contribution is -2.45. The minimum absolute atomic E-state index is 0.00151. The average molecular weight is 599 g/mol. The summed E-state index contributed by atoms with van der Waals surface area (Å²) in [6.07, 6.45) is -7.38. The molecule has 0 bridgehead atoms. The number of nitrogens with one attached hydrogen (secondary N) is 4. The van der Waals surface area contributed by atoms with E-state index < -0.39 is 47.1 Å². The number of hydrogen-bond donors (Lipinski definition) is 4. The second kappa shape index (κ2) is 12.5. The van der Waals surface area contributed by atoms with Crippen LogP contribution in [0.4, 0.5) is 36.8 Å². The van der Waals surface area contributed by atoms with Crippen molar-refractivity contribution in [3.8, 4) is 0 Å². The molecule has 1 aliphatic carbocycles. The number of carbonyl (C=O) groups is 2. The molecule has 1 saturated carbocycles. The van der Waals surface area contributed by atoms with Gasteiger partial charge in [0.1, 0.15) is 0 Å². The standard InChI is InChI=1S/C28H32F6N6O2/c1-26(2,3)18-8-10-22(11-9-18)40(15-16-4-6-17(7-5-16)23(41)38-24(35)39-36)25(42)37-21-13-19(27(29,30)31)12-20(14-21)28(32,33)34/h4-7,12-14,18,22,36H,8-11,15H2,1-3H3,(H,37,42)(H2,35,38,41). The molecular weight excluding hydrogens is 566 g/mol. The van der Waals surface area contributed by atoms with Crippen molar-refractivity contribution < 1.29 is 35.9 Å². The number of benzene rings is 2. The molecule has 0 saturated heterocycles. The number of guanidine groups is 1. The van der Waals surface area contributed by atoms with Crippen molar-refractivity contribution in [2.24, 2.45) is 16.4 Å². The molecule has 1 fully saturated rings. The molecule has 8 nitrogen and oxygen atoms in total. The highest BCUT2D eigenvalue weighted by molar-refractivity contribution is 6.04. The first-order chi connectivity index (χ1) is 19.4. The molecule has 2 aromatic rings. The molecule has 0 atom stereocenters. The Kier molecular flexibility index (Phi) is 9.68. The predicted octanol–water partition coefficient (Wildman–Crippen LogP) is 8.06. The van der Waals surface area contributed by atoms with Crippen molar-refractivity contribution >= 4 is 23.6 Å². The summed E-state index contributed by atoms with van der Waals surface area (Å²) in [6, 6.07) is 5.69. The monoisotopic (exact) mass is 598 g/mol. The zero-order valence-corrected chi connectivity index (χ0v) is 23.2. The van der Waals surface area contributed by atoms with Crippen LogP contribution in [0.25, 0.3) is 0 Å². The molecule has 0 spiro atoms. The topological polar surface area (TPSA) is 122 Å². The van der Waals surface area contributed by atoms with Crippen molar-refractivity contribution in [2.45, 2.75) is 71.4 Å². The summed E-state index contributed by atoms with van der Waals surface area (Å²) in [5, 5.41) is 14.4. The molecule has 42 heavy (non-hydrogen) atoms. The molecule has 1 aliphatic rings. The third-order valence-corrected chi connectivity index (χ3v) is 7.37. The van der Waals surface area contributed by atoms with E-state index in [1.807, 2.05) is 0 Å². The fourth-order valence-electron chi connectivity index (χ4n) is 5.01. The molecule has 0 heterocycles. The van der Waals surface area contributed by atoms with Crippen LogP contribution in [0.15, 0.2) is 47.6 Å². The molecule has 3 amide bonds. The van der Waals surface area contributed by atoms with Crippen molar-refractivity contribution in [3.63, 3.8) is 0 Å². The van der Waals surface area contributed by atoms with E-state index in [0.717, 1.165) is 12.8 Å². The maximum Gasteiger partial charge on any atom is 0.416 e. The number of urea groups is 1. The fourth-order valence-corrected chi connectivity index (χ4v) is 5.01. The summed E-state index contributed by atoms with van der Waals surface area (Å²) in [6.45, 7) is 6.32. The largest absolute Gasteiger partial charge is 0.416 e. The minimum Gasteiger partial charge on any atom is -0.317 e. The summed E-state index contributed by atoms with van der Waals surface area (Å²) < 4.78 is 80.3. The smallest absolute Gasteiger partial charge is 0.317 e. The lowest BCUT2D eigenvalue weighted by molar-refractivity contribution is -0.143. The Balaban J connectivity index is 1.89. The van der Waals surface area contributed by atoms with Gasteiger partial charge in [0, 0.05) is 23.8 Å². The number of nitrogens with zero attached hydrogens (tertiary/aromatic N) is 2. The van der Waals surface area contributed by atoms with E-state index in [1.54, 1.807) is 12.1 Å². The summed E-state index contributed by atoms with van der Waals surface area (Å²) in [7, 11) is 0. The van der Waals surface area contributed by atoms with Gasteiger partial charge in [-0.25, -0.2) is 10.3 Å². The number of anilines is 1. The molecule has 228 valence electrons. The number of carbonyl (C=O) groups excluding carboxylic acids is 2. The second-order valence-electron chi connectivity index (χ2n) is 11.3. The third kappa shape index (κ3) is 8.52. The SMILES string of the molecule is CC(C)(C)C1CCC(N(Cc2ccc(C(=O)NC(=N)N=N)cc2)C(=O)Nc2cc(C(F)(F)F)cc(C(F)(F)F)c2)CC1. The Morgan fingerprint density at radius 3 is 1.88 bits per heavy atom. The van der Waals surface area contributed by atoms with Crippen molar-refractivity contribution in [1.82, 2.24) is 10.2 Å². The summed E-state index contributed by atoms with van der Waals surface area (Å²) >= 11 is 0. The van der Waals surface area contributed by atoms with Gasteiger partial charge in [-0.2, -0.15) is 26.3 Å². The molecule has 0 radical (unpaired) electrons. The molecule has 2 aromatic carbocycles. The van der Waals surface area contributed by atoms with Gasteiger partial charge >= 0.3 is 18.4 Å². The lowest BCUT2D eigenvalue weighted by atomic mass is 9.71. The highest BCUT2D eigenvalue weighted by Crippen LogP contribution is 2.40. The van der Waals surface area contributed by atoms with Crippen LogP contribution in [0.3, 0.4) is 0 Å². The Morgan fingerprint density at radius 2 is 1.43 bits per heavy atom. The number of rotatable bonds is 5. The first-order valence-corrected chi connectivity index (χ1v) is 13.1. The average Bonchev–Trinajstić information content (AvgIpc) is 2.90. The molecule has 0 aliphatic heterocycles. The molecule has 0 aromatic heterocycles. The Bertz CT molecular complexity index is 1280. The van der Waals surface area contributed by atoms with Gasteiger partial charge in [0.2, 0.25) is 5.96 Å². The van der Waals surface area contributed by atoms with Crippen molar-refractivity contribution in [2.75, 3.05) is 5.32 Å². The number of amides is 3. The Morgan fingerprint density at radius 1 is 0.905 bits per heavy atom. The van der Waals surface area contributed by atoms with E-state index in [2.05, 4.69) is 36.5 Å². The summed E-state index contributed by atoms with van der Waals surface area (Å²) in [5.74, 6) is -0.952. The number of halogens is 6. The van der Waals surface area contributed by atoms with Gasteiger partial charge < -0.3 is 10.2 Å². The summed E-state index contributed by atoms with van der Waals surface area (Å²) in [5.41, 5.74) is 3.78. The van der Waals surface area contributed by atoms with Crippen LogP contribution in [-0.2, 0) is 18.9 Å². The van der Waals surface area contributed by atoms with Crippen molar-refractivity contribution in [1.29, 1.82) is 10.9 Å². The van der Waals surface area contributed by atoms with E-state index in [0.29, 0.717) is 36.5 Å². The second-order valence-corrected chi connectivity index (χ2v) is 11.3. The van der Waals surface area contributed by atoms with E-state index in [-0.39, 0.29) is 29.6 Å². The number of hydrogen-bond acceptors (Lipinski definition) is 4. The van der Waals surface area contributed by atoms with Gasteiger partial charge in [-0.1, -0.05) is 32.9 Å². The van der Waals surface area contributed by atoms with E-state index in [1.165, 1.54) is 17.0 Å². The van der Waals surface area contributed by atoms with E-state index >= 15 is 0 Å². The predicted molar refractivity (Wildman–Crippen MR) is 143 cm³/mol. The van der Waals surface area contributed by atoms with Gasteiger partial charge in [-0.15, -0.1) is 5.11 Å². The molecule has 3 rings (SSSR count). The Hall–Kier alpha value is -3.97. The van der Waals surface area contributed by atoms with Gasteiger partial charge in [0.15, 0.2) is 0 Å². The third-order valence-electron chi connectivity index (χ3n) is 7.37. The van der Waals surface area contributed by atoms with Gasteiger partial charge in [-0.3, -0.25) is 15.5 Å². The van der Waals surface area contributed by atoms with Crippen LogP contribution < -0.4 is 10.6 Å². The molecular formula is C28H32F6N6O2. The van der Waals surface area contributed by atoms with Crippen LogP contribution in [0.5, 0.6) is 0 Å². The van der Waals surface area contributed by atoms with Crippen LogP contribution in [-0.4, -0.2) is 28.8 Å². The first-order valence-electron chi connectivity index (χ1n) is 13.1. The zero-order chi connectivity index (χ0) is 31.5. The first kappa shape index (κ1) is 32.5. The van der Waals surface area contributed by atoms with E-state index in [9.17, 15) is 35.9 Å². The Labute approximate surface area is 238 Å². The van der Waals surface area contributed by atoms with Gasteiger partial charge in [-0.05, 0) is 72.9 Å². The zero-order valence-electron chi connectivity index (χ0n) is 23.2. The summed E-state index contributed by atoms with van der Waals surface area (Å²) in [4.78, 5) is 27.1. The fraction of sp³-hybridized carbons (Fsp3) is 0.464. The molecule has 0 unspecified atom stereocenters. The van der Waals surface area contributed by atoms with Gasteiger partial charge in [0.05, 0.1) is 11.1 Å². The lowest BCUT2D eigenvalue weighted by Gasteiger charge is -2.41. The maximum atomic E-state index is 13.5. The van der Waals surface area contributed by atoms with Crippen LogP contribution in [0.1, 0.15) is 73.5 Å².